The van der Waals surface area contributed by atoms with Crippen molar-refractivity contribution < 1.29 is 9.53 Å². The van der Waals surface area contributed by atoms with E-state index in [-0.39, 0.29) is 5.97 Å². The van der Waals surface area contributed by atoms with Crippen molar-refractivity contribution >= 4 is 11.7 Å². The summed E-state index contributed by atoms with van der Waals surface area (Å²) in [4.78, 5) is 11.0. The van der Waals surface area contributed by atoms with E-state index in [2.05, 4.69) is 11.4 Å². The molecule has 3 nitrogen and oxygen atoms in total. The zero-order chi connectivity index (χ0) is 10.2. The maximum absolute atomic E-state index is 11.0. The first kappa shape index (κ1) is 10.6. The molecule has 1 radical (unpaired) electrons. The van der Waals surface area contributed by atoms with Crippen molar-refractivity contribution in [2.75, 3.05) is 18.5 Å². The Hall–Kier alpha value is -1.51. The smallest absolute Gasteiger partial charge is 0.307 e. The number of esters is 1. The molecular formula is C11H14NO2. The van der Waals surface area contributed by atoms with Crippen LogP contribution >= 0.6 is 0 Å². The van der Waals surface area contributed by atoms with E-state index in [1.165, 1.54) is 0 Å². The lowest BCUT2D eigenvalue weighted by molar-refractivity contribution is -0.142. The van der Waals surface area contributed by atoms with Gasteiger partial charge < -0.3 is 10.1 Å². The normalized spacial score (nSPS) is 9.50. The van der Waals surface area contributed by atoms with Crippen molar-refractivity contribution in [1.82, 2.24) is 0 Å². The van der Waals surface area contributed by atoms with Crippen LogP contribution in [0.5, 0.6) is 0 Å². The lowest BCUT2D eigenvalue weighted by atomic mass is 10.3. The number of ether oxygens (including phenoxy) is 1. The van der Waals surface area contributed by atoms with E-state index in [1.807, 2.05) is 24.3 Å². The lowest BCUT2D eigenvalue weighted by Crippen LogP contribution is -2.11. The molecule has 0 amide bonds. The van der Waals surface area contributed by atoms with Crippen LogP contribution in [0.25, 0.3) is 0 Å². The fourth-order valence-electron chi connectivity index (χ4n) is 1.04. The fraction of sp³-hybridized carbons (Fsp3) is 0.364. The minimum atomic E-state index is -0.170. The van der Waals surface area contributed by atoms with Crippen LogP contribution in [0, 0.1) is 6.07 Å². The highest BCUT2D eigenvalue weighted by molar-refractivity contribution is 5.70. The van der Waals surface area contributed by atoms with Gasteiger partial charge in [-0.1, -0.05) is 18.2 Å². The van der Waals surface area contributed by atoms with E-state index in [4.69, 9.17) is 4.74 Å². The summed E-state index contributed by atoms with van der Waals surface area (Å²) in [5.41, 5.74) is 0.900. The molecule has 0 aliphatic heterocycles. The minimum Gasteiger partial charge on any atom is -0.466 e. The van der Waals surface area contributed by atoms with Crippen LogP contribution in [0.1, 0.15) is 13.3 Å². The third-order valence-electron chi connectivity index (χ3n) is 1.66. The number of nitrogens with one attached hydrogen (secondary N) is 1. The fourth-order valence-corrected chi connectivity index (χ4v) is 1.04. The van der Waals surface area contributed by atoms with Gasteiger partial charge in [0, 0.05) is 18.3 Å². The van der Waals surface area contributed by atoms with Crippen molar-refractivity contribution in [3.05, 3.63) is 30.3 Å². The Labute approximate surface area is 84.1 Å². The van der Waals surface area contributed by atoms with E-state index >= 15 is 0 Å². The summed E-state index contributed by atoms with van der Waals surface area (Å²) in [6, 6.07) is 10.6. The lowest BCUT2D eigenvalue weighted by Gasteiger charge is -2.04. The van der Waals surface area contributed by atoms with E-state index in [1.54, 1.807) is 6.92 Å². The zero-order valence-corrected chi connectivity index (χ0v) is 8.25. The average Bonchev–Trinajstić information content (AvgIpc) is 2.20. The van der Waals surface area contributed by atoms with Gasteiger partial charge in [-0.15, -0.1) is 0 Å². The van der Waals surface area contributed by atoms with Gasteiger partial charge in [0.2, 0.25) is 0 Å². The summed E-state index contributed by atoms with van der Waals surface area (Å²) < 4.78 is 4.79. The number of rotatable bonds is 5. The molecule has 0 spiro atoms. The molecule has 1 rings (SSSR count). The van der Waals surface area contributed by atoms with Gasteiger partial charge in [0.1, 0.15) is 0 Å². The third kappa shape index (κ3) is 3.94. The second-order valence-electron chi connectivity index (χ2n) is 2.76. The summed E-state index contributed by atoms with van der Waals surface area (Å²) in [5, 5.41) is 3.08. The average molecular weight is 192 g/mol. The van der Waals surface area contributed by atoms with Gasteiger partial charge in [0.15, 0.2) is 0 Å². The number of hydrogen-bond donors (Lipinski definition) is 1. The molecule has 0 fully saturated rings. The molecule has 0 saturated carbocycles. The molecule has 0 unspecified atom stereocenters. The maximum atomic E-state index is 11.0. The first-order valence-electron chi connectivity index (χ1n) is 4.69. The van der Waals surface area contributed by atoms with Gasteiger partial charge in [-0.3, -0.25) is 4.79 Å². The molecule has 1 aromatic rings. The minimum absolute atomic E-state index is 0.170. The zero-order valence-electron chi connectivity index (χ0n) is 8.25. The topological polar surface area (TPSA) is 38.3 Å². The van der Waals surface area contributed by atoms with E-state index < -0.39 is 0 Å². The van der Waals surface area contributed by atoms with Crippen LogP contribution in [-0.4, -0.2) is 19.1 Å². The van der Waals surface area contributed by atoms with E-state index in [9.17, 15) is 4.79 Å². The maximum Gasteiger partial charge on any atom is 0.307 e. The molecule has 75 valence electrons. The Balaban J connectivity index is 2.19. The van der Waals surface area contributed by atoms with Crippen LogP contribution in [-0.2, 0) is 9.53 Å². The molecule has 0 heterocycles. The highest BCUT2D eigenvalue weighted by Crippen LogP contribution is 2.03. The Kier molecular flexibility index (Phi) is 4.55. The van der Waals surface area contributed by atoms with Gasteiger partial charge in [-0.2, -0.15) is 0 Å². The number of hydrogen-bond acceptors (Lipinski definition) is 3. The number of benzene rings is 1. The quantitative estimate of drug-likeness (QED) is 0.723. The number of para-hydroxylation sites is 1. The third-order valence-corrected chi connectivity index (χ3v) is 1.66. The van der Waals surface area contributed by atoms with Crippen LogP contribution in [0.4, 0.5) is 5.69 Å². The van der Waals surface area contributed by atoms with Crippen molar-refractivity contribution in [3.63, 3.8) is 0 Å². The van der Waals surface area contributed by atoms with Gasteiger partial charge in [-0.05, 0) is 13.0 Å². The largest absolute Gasteiger partial charge is 0.466 e. The SMILES string of the molecule is CCOC(=O)CCNc1[c]cccc1. The van der Waals surface area contributed by atoms with Crippen LogP contribution in [0.15, 0.2) is 24.3 Å². The van der Waals surface area contributed by atoms with Crippen LogP contribution < -0.4 is 5.32 Å². The van der Waals surface area contributed by atoms with Gasteiger partial charge in [-0.25, -0.2) is 0 Å². The first-order chi connectivity index (χ1) is 6.83. The second kappa shape index (κ2) is 6.02. The molecule has 1 aromatic carbocycles. The Morgan fingerprint density at radius 2 is 2.43 bits per heavy atom. The summed E-state index contributed by atoms with van der Waals surface area (Å²) in [6.07, 6.45) is 0.385. The predicted octanol–water partition coefficient (Wildman–Crippen LogP) is 1.85. The molecule has 0 aromatic heterocycles. The highest BCUT2D eigenvalue weighted by atomic mass is 16.5. The second-order valence-corrected chi connectivity index (χ2v) is 2.76. The summed E-state index contributed by atoms with van der Waals surface area (Å²) in [7, 11) is 0. The van der Waals surface area contributed by atoms with Gasteiger partial charge in [0.25, 0.3) is 0 Å². The van der Waals surface area contributed by atoms with Crippen LogP contribution in [0.3, 0.4) is 0 Å². The van der Waals surface area contributed by atoms with E-state index in [0.29, 0.717) is 19.6 Å². The molecule has 0 aliphatic rings. The monoisotopic (exact) mass is 192 g/mol. The standard InChI is InChI=1S/C11H14NO2/c1-2-14-11(13)8-9-12-10-6-4-3-5-7-10/h3-6,12H,2,8-9H2,1H3. The number of anilines is 1. The summed E-state index contributed by atoms with van der Waals surface area (Å²) >= 11 is 0. The molecule has 1 N–H and O–H groups in total. The van der Waals surface area contributed by atoms with Crippen molar-refractivity contribution in [3.8, 4) is 0 Å². The molecule has 0 aliphatic carbocycles. The Morgan fingerprint density at radius 3 is 3.07 bits per heavy atom. The highest BCUT2D eigenvalue weighted by Gasteiger charge is 1.99. The molecular weight excluding hydrogens is 178 g/mol. The van der Waals surface area contributed by atoms with Crippen molar-refractivity contribution in [2.45, 2.75) is 13.3 Å². The molecule has 0 atom stereocenters. The summed E-state index contributed by atoms with van der Waals surface area (Å²) in [6.45, 7) is 2.83. The summed E-state index contributed by atoms with van der Waals surface area (Å²) in [5.74, 6) is -0.170. The molecule has 0 bridgehead atoms. The Bertz CT molecular complexity index is 272. The van der Waals surface area contributed by atoms with Crippen molar-refractivity contribution in [1.29, 1.82) is 0 Å². The predicted molar refractivity (Wildman–Crippen MR) is 55.0 cm³/mol. The van der Waals surface area contributed by atoms with E-state index in [0.717, 1.165) is 5.69 Å². The molecule has 0 saturated heterocycles. The molecule has 14 heavy (non-hydrogen) atoms. The van der Waals surface area contributed by atoms with Crippen molar-refractivity contribution in [2.24, 2.45) is 0 Å². The van der Waals surface area contributed by atoms with Gasteiger partial charge in [0.05, 0.1) is 13.0 Å². The van der Waals surface area contributed by atoms with Crippen LogP contribution in [0.2, 0.25) is 0 Å². The first-order valence-corrected chi connectivity index (χ1v) is 4.69. The molecule has 3 heteroatoms. The number of carbonyl (C=O) groups is 1. The Morgan fingerprint density at radius 1 is 1.57 bits per heavy atom. The number of carbonyl (C=O) groups excluding carboxylic acids is 1. The van der Waals surface area contributed by atoms with Gasteiger partial charge >= 0.3 is 5.97 Å².